The Hall–Kier alpha value is -1.54. The highest BCUT2D eigenvalue weighted by atomic mass is 16.5. The molecule has 2 heteroatoms. The molecule has 0 radical (unpaired) electrons. The Morgan fingerprint density at radius 2 is 2.12 bits per heavy atom. The van der Waals surface area contributed by atoms with Gasteiger partial charge in [0, 0.05) is 12.8 Å². The Morgan fingerprint density at radius 1 is 1.44 bits per heavy atom. The molecule has 0 aliphatic heterocycles. The smallest absolute Gasteiger partial charge is 0.0752 e. The molecule has 0 aliphatic carbocycles. The molecule has 0 heterocycles. The highest BCUT2D eigenvalue weighted by Crippen LogP contribution is 2.12. The minimum atomic E-state index is 0.0872. The number of allylic oxidation sites excluding steroid dienone is 4. The van der Waals surface area contributed by atoms with Gasteiger partial charge in [-0.25, -0.2) is 0 Å². The van der Waals surface area contributed by atoms with Crippen LogP contribution in [0.15, 0.2) is 62.0 Å². The lowest BCUT2D eigenvalue weighted by atomic mass is 10.2. The zero-order valence-corrected chi connectivity index (χ0v) is 10.2. The molecule has 0 spiro atoms. The summed E-state index contributed by atoms with van der Waals surface area (Å²) in [5, 5.41) is 0. The van der Waals surface area contributed by atoms with E-state index in [0.29, 0.717) is 6.61 Å². The molecule has 0 bridgehead atoms. The van der Waals surface area contributed by atoms with Crippen LogP contribution in [-0.2, 0) is 4.74 Å². The van der Waals surface area contributed by atoms with Crippen LogP contribution in [0.2, 0.25) is 0 Å². The first-order valence-corrected chi connectivity index (χ1v) is 5.21. The first-order chi connectivity index (χ1) is 7.71. The van der Waals surface area contributed by atoms with Gasteiger partial charge >= 0.3 is 0 Å². The maximum atomic E-state index is 5.17. The fraction of sp³-hybridized carbons (Fsp3) is 0.286. The van der Waals surface area contributed by atoms with Crippen molar-refractivity contribution >= 4 is 0 Å². The molecule has 16 heavy (non-hydrogen) atoms. The molecule has 0 aromatic rings. The lowest BCUT2D eigenvalue weighted by Gasteiger charge is -2.28. The molecule has 0 aliphatic rings. The van der Waals surface area contributed by atoms with Gasteiger partial charge in [0.25, 0.3) is 0 Å². The van der Waals surface area contributed by atoms with Crippen LogP contribution in [0.3, 0.4) is 0 Å². The van der Waals surface area contributed by atoms with Crippen LogP contribution in [0.1, 0.15) is 6.92 Å². The molecular weight excluding hydrogens is 198 g/mol. The number of hydrogen-bond donors (Lipinski definition) is 0. The molecule has 1 unspecified atom stereocenters. The highest BCUT2D eigenvalue weighted by molar-refractivity contribution is 5.19. The second kappa shape index (κ2) is 8.74. The largest absolute Gasteiger partial charge is 0.382 e. The third-order valence-electron chi connectivity index (χ3n) is 2.05. The Bertz CT molecular complexity index is 289. The van der Waals surface area contributed by atoms with Crippen molar-refractivity contribution in [1.82, 2.24) is 4.90 Å². The topological polar surface area (TPSA) is 12.5 Å². The molecule has 1 atom stereocenters. The first kappa shape index (κ1) is 14.5. The van der Waals surface area contributed by atoms with E-state index in [4.69, 9.17) is 4.74 Å². The predicted octanol–water partition coefficient (Wildman–Crippen LogP) is 3.28. The summed E-state index contributed by atoms with van der Waals surface area (Å²) in [6, 6.07) is 0.0872. The SMILES string of the molecule is C=C/C=C/C(COC)N(C=C)C(=C)/C=C\C. The average Bonchev–Trinajstić information content (AvgIpc) is 2.27. The molecule has 88 valence electrons. The van der Waals surface area contributed by atoms with E-state index in [1.54, 1.807) is 19.4 Å². The van der Waals surface area contributed by atoms with Crippen LogP contribution < -0.4 is 0 Å². The van der Waals surface area contributed by atoms with Crippen molar-refractivity contribution in [3.05, 3.63) is 62.0 Å². The van der Waals surface area contributed by atoms with Crippen LogP contribution >= 0.6 is 0 Å². The van der Waals surface area contributed by atoms with Gasteiger partial charge in [-0.1, -0.05) is 44.0 Å². The van der Waals surface area contributed by atoms with Gasteiger partial charge < -0.3 is 9.64 Å². The van der Waals surface area contributed by atoms with Gasteiger partial charge in [0.15, 0.2) is 0 Å². The summed E-state index contributed by atoms with van der Waals surface area (Å²) in [6.07, 6.45) is 11.3. The van der Waals surface area contributed by atoms with Crippen molar-refractivity contribution in [1.29, 1.82) is 0 Å². The van der Waals surface area contributed by atoms with Gasteiger partial charge in [0.2, 0.25) is 0 Å². The minimum Gasteiger partial charge on any atom is -0.382 e. The van der Waals surface area contributed by atoms with Gasteiger partial charge in [-0.3, -0.25) is 0 Å². The Balaban J connectivity index is 4.82. The van der Waals surface area contributed by atoms with Crippen molar-refractivity contribution in [3.63, 3.8) is 0 Å². The molecule has 0 amide bonds. The van der Waals surface area contributed by atoms with Gasteiger partial charge in [-0.05, 0) is 19.2 Å². The molecule has 0 N–H and O–H groups in total. The van der Waals surface area contributed by atoms with Crippen LogP contribution in [0.4, 0.5) is 0 Å². The quantitative estimate of drug-likeness (QED) is 0.581. The van der Waals surface area contributed by atoms with E-state index < -0.39 is 0 Å². The van der Waals surface area contributed by atoms with E-state index >= 15 is 0 Å². The summed E-state index contributed by atoms with van der Waals surface area (Å²) in [6.45, 7) is 14.0. The van der Waals surface area contributed by atoms with Gasteiger partial charge in [-0.2, -0.15) is 0 Å². The second-order valence-corrected chi connectivity index (χ2v) is 3.22. The lowest BCUT2D eigenvalue weighted by molar-refractivity contribution is 0.154. The standard InChI is InChI=1S/C14H21NO/c1-6-9-11-14(12-16-5)15(8-3)13(4)10-7-2/h6-11,14H,1,3-4,12H2,2,5H3/b10-7-,11-9+. The molecule has 0 fully saturated rings. The Morgan fingerprint density at radius 3 is 2.56 bits per heavy atom. The molecular formula is C14H21NO. The summed E-state index contributed by atoms with van der Waals surface area (Å²) in [5.74, 6) is 0. The summed E-state index contributed by atoms with van der Waals surface area (Å²) in [7, 11) is 1.68. The lowest BCUT2D eigenvalue weighted by Crippen LogP contribution is -2.31. The second-order valence-electron chi connectivity index (χ2n) is 3.22. The van der Waals surface area contributed by atoms with Crippen LogP contribution in [0.5, 0.6) is 0 Å². The third kappa shape index (κ3) is 4.80. The number of methoxy groups -OCH3 is 1. The molecule has 0 saturated heterocycles. The number of hydrogen-bond acceptors (Lipinski definition) is 2. The maximum Gasteiger partial charge on any atom is 0.0752 e. The summed E-state index contributed by atoms with van der Waals surface area (Å²) < 4.78 is 5.17. The summed E-state index contributed by atoms with van der Waals surface area (Å²) in [5.41, 5.74) is 0.883. The van der Waals surface area contributed by atoms with Crippen molar-refractivity contribution in [3.8, 4) is 0 Å². The monoisotopic (exact) mass is 219 g/mol. The van der Waals surface area contributed by atoms with Gasteiger partial charge in [0.05, 0.1) is 12.6 Å². The van der Waals surface area contributed by atoms with Crippen LogP contribution in [0.25, 0.3) is 0 Å². The fourth-order valence-corrected chi connectivity index (χ4v) is 1.35. The first-order valence-electron chi connectivity index (χ1n) is 5.21. The van der Waals surface area contributed by atoms with Gasteiger partial charge in [0.1, 0.15) is 0 Å². The zero-order valence-electron chi connectivity index (χ0n) is 10.2. The normalized spacial score (nSPS) is 12.9. The van der Waals surface area contributed by atoms with Crippen molar-refractivity contribution in [2.24, 2.45) is 0 Å². The number of rotatable bonds is 8. The van der Waals surface area contributed by atoms with Crippen molar-refractivity contribution in [2.75, 3.05) is 13.7 Å². The number of ether oxygens (including phenoxy) is 1. The van der Waals surface area contributed by atoms with E-state index in [9.17, 15) is 0 Å². The summed E-state index contributed by atoms with van der Waals surface area (Å²) >= 11 is 0. The summed E-state index contributed by atoms with van der Waals surface area (Å²) in [4.78, 5) is 1.96. The van der Waals surface area contributed by atoms with E-state index in [1.807, 2.05) is 36.1 Å². The molecule has 0 rings (SSSR count). The average molecular weight is 219 g/mol. The molecule has 0 saturated carbocycles. The van der Waals surface area contributed by atoms with Gasteiger partial charge in [-0.15, -0.1) is 0 Å². The van der Waals surface area contributed by atoms with Crippen LogP contribution in [-0.4, -0.2) is 24.7 Å². The predicted molar refractivity (Wildman–Crippen MR) is 71.0 cm³/mol. The van der Waals surface area contributed by atoms with E-state index in [0.717, 1.165) is 5.70 Å². The van der Waals surface area contributed by atoms with Crippen LogP contribution in [0, 0.1) is 0 Å². The Labute approximate surface area is 98.9 Å². The fourth-order valence-electron chi connectivity index (χ4n) is 1.35. The minimum absolute atomic E-state index is 0.0872. The van der Waals surface area contributed by atoms with Crippen molar-refractivity contribution < 1.29 is 4.74 Å². The molecule has 2 nitrogen and oxygen atoms in total. The highest BCUT2D eigenvalue weighted by Gasteiger charge is 2.12. The molecule has 0 aromatic carbocycles. The third-order valence-corrected chi connectivity index (χ3v) is 2.05. The van der Waals surface area contributed by atoms with E-state index in [1.165, 1.54) is 0 Å². The van der Waals surface area contributed by atoms with Crippen molar-refractivity contribution in [2.45, 2.75) is 13.0 Å². The maximum absolute atomic E-state index is 5.17. The molecule has 0 aromatic heterocycles. The van der Waals surface area contributed by atoms with E-state index in [-0.39, 0.29) is 6.04 Å². The Kier molecular flexibility index (Phi) is 7.90. The number of nitrogens with zero attached hydrogens (tertiary/aromatic N) is 1. The zero-order chi connectivity index (χ0) is 12.4. The van der Waals surface area contributed by atoms with E-state index in [2.05, 4.69) is 19.7 Å².